The van der Waals surface area contributed by atoms with Crippen LogP contribution in [0.3, 0.4) is 0 Å². The van der Waals surface area contributed by atoms with Crippen LogP contribution >= 0.6 is 11.6 Å². The maximum absolute atomic E-state index is 6.16. The molecule has 0 saturated heterocycles. The molecule has 0 aliphatic heterocycles. The second-order valence-electron chi connectivity index (χ2n) is 7.61. The van der Waals surface area contributed by atoms with Gasteiger partial charge in [0.15, 0.2) is 0 Å². The van der Waals surface area contributed by atoms with Gasteiger partial charge in [0.05, 0.1) is 0 Å². The monoisotopic (exact) mass is 564 g/mol. The molecule has 0 radical (unpaired) electrons. The molecule has 5 heteroatoms. The van der Waals surface area contributed by atoms with E-state index in [0.29, 0.717) is 5.92 Å². The molecule has 4 rings (SSSR count). The minimum atomic E-state index is 0. The number of allylic oxidation sites excluding steroid dienone is 4. The number of halogens is 3. The largest absolute Gasteiger partial charge is 1.00 e. The quantitative estimate of drug-likeness (QED) is 0.313. The van der Waals surface area contributed by atoms with Crippen molar-refractivity contribution in [2.45, 2.75) is 40.8 Å². The summed E-state index contributed by atoms with van der Waals surface area (Å²) in [4.78, 5) is 0. The number of benzene rings is 2. The van der Waals surface area contributed by atoms with E-state index in [1.807, 2.05) is 18.2 Å². The fraction of sp³-hybridized carbons (Fsp3) is 0.269. The van der Waals surface area contributed by atoms with E-state index < -0.39 is 0 Å². The number of fused-ring (bicyclic) bond motifs is 1. The summed E-state index contributed by atoms with van der Waals surface area (Å²) in [6, 6.07) is 20.6. The van der Waals surface area contributed by atoms with E-state index in [2.05, 4.69) is 89.3 Å². The SMILES string of the molecule is CC1=[C-]C(C)C(C)=C1C.C[Si](C)=[Zr+2].Clc1cccc2c(-c3ccccc3)c[cH-]c12.[Cl-].[Cl-]. The van der Waals surface area contributed by atoms with Gasteiger partial charge in [0.1, 0.15) is 0 Å². The summed E-state index contributed by atoms with van der Waals surface area (Å²) in [6.45, 7) is 13.3. The summed E-state index contributed by atoms with van der Waals surface area (Å²) in [5.41, 5.74) is 6.94. The van der Waals surface area contributed by atoms with E-state index in [-0.39, 0.29) is 30.2 Å². The Morgan fingerprint density at radius 2 is 1.55 bits per heavy atom. The van der Waals surface area contributed by atoms with Crippen molar-refractivity contribution < 1.29 is 48.1 Å². The Hall–Kier alpha value is -0.500. The van der Waals surface area contributed by atoms with Crippen LogP contribution in [-0.4, -0.2) is 5.43 Å². The first-order chi connectivity index (χ1) is 13.7. The van der Waals surface area contributed by atoms with Gasteiger partial charge >= 0.3 is 41.9 Å². The van der Waals surface area contributed by atoms with Gasteiger partial charge in [-0.15, -0.1) is 53.1 Å². The molecular weight excluding hydrogens is 538 g/mol. The number of hydrogen-bond acceptors (Lipinski definition) is 0. The Morgan fingerprint density at radius 1 is 0.968 bits per heavy atom. The molecule has 1 aliphatic rings. The topological polar surface area (TPSA) is 0 Å². The fourth-order valence-corrected chi connectivity index (χ4v) is 3.47. The first-order valence-corrected chi connectivity index (χ1v) is 16.5. The Kier molecular flexibility index (Phi) is 14.4. The molecule has 1 atom stereocenters. The Bertz CT molecular complexity index is 1040. The van der Waals surface area contributed by atoms with Gasteiger partial charge in [0, 0.05) is 0 Å². The van der Waals surface area contributed by atoms with Gasteiger partial charge < -0.3 is 24.8 Å². The second-order valence-corrected chi connectivity index (χ2v) is 17.4. The average molecular weight is 567 g/mol. The number of rotatable bonds is 1. The second kappa shape index (κ2) is 14.6. The molecule has 0 heterocycles. The molecule has 0 aromatic heterocycles. The molecule has 31 heavy (non-hydrogen) atoms. The van der Waals surface area contributed by atoms with Crippen molar-refractivity contribution in [1.29, 1.82) is 0 Å². The Balaban J connectivity index is 0.000000516. The van der Waals surface area contributed by atoms with E-state index in [1.54, 1.807) is 23.3 Å². The standard InChI is InChI=1S/C15H10Cl.C9H13.C2H6Si.2ClH.Zr/c16-15-8-4-7-13-12(9-10-14(13)15)11-5-2-1-3-6-11;1-6-5-7(2)9(4)8(6)3;1-3-2;;;/h1-10H;6H,1-4H3;1-2H3;2*1H;/q2*-1;;;;+2/p-2. The van der Waals surface area contributed by atoms with Crippen LogP contribution in [-0.2, 0) is 23.3 Å². The molecule has 0 N–H and O–H groups in total. The summed E-state index contributed by atoms with van der Waals surface area (Å²) in [5.74, 6) is 0.560. The van der Waals surface area contributed by atoms with Crippen molar-refractivity contribution in [2.75, 3.05) is 0 Å². The van der Waals surface area contributed by atoms with Gasteiger partial charge in [-0.05, 0) is 5.02 Å². The predicted molar refractivity (Wildman–Crippen MR) is 127 cm³/mol. The third-order valence-electron chi connectivity index (χ3n) is 5.08. The van der Waals surface area contributed by atoms with Gasteiger partial charge in [-0.3, -0.25) is 6.08 Å². The van der Waals surface area contributed by atoms with E-state index in [1.165, 1.54) is 33.2 Å². The minimum absolute atomic E-state index is 0. The van der Waals surface area contributed by atoms with E-state index in [0.717, 1.165) is 10.4 Å². The van der Waals surface area contributed by atoms with Gasteiger partial charge in [-0.1, -0.05) is 74.7 Å². The van der Waals surface area contributed by atoms with Crippen molar-refractivity contribution in [3.63, 3.8) is 0 Å². The molecular formula is C26H29Cl3SiZr-2. The third-order valence-corrected chi connectivity index (χ3v) is 5.41. The first-order valence-electron chi connectivity index (χ1n) is 9.91. The van der Waals surface area contributed by atoms with E-state index >= 15 is 0 Å². The summed E-state index contributed by atoms with van der Waals surface area (Å²) in [5, 5.41) is 3.17. The maximum Gasteiger partial charge on any atom is -0.0346 e. The third kappa shape index (κ3) is 8.75. The molecule has 1 unspecified atom stereocenters. The fourth-order valence-electron chi connectivity index (χ4n) is 3.23. The van der Waals surface area contributed by atoms with E-state index in [9.17, 15) is 0 Å². The summed E-state index contributed by atoms with van der Waals surface area (Å²) in [6.07, 6.45) is 3.36. The average Bonchev–Trinajstić information content (AvgIpc) is 3.21. The molecule has 0 saturated carbocycles. The van der Waals surface area contributed by atoms with Gasteiger partial charge in [0.2, 0.25) is 0 Å². The molecule has 164 valence electrons. The molecule has 3 aromatic carbocycles. The summed E-state index contributed by atoms with van der Waals surface area (Å²) in [7, 11) is 0. The Morgan fingerprint density at radius 3 is 2.00 bits per heavy atom. The molecule has 0 spiro atoms. The van der Waals surface area contributed by atoms with Crippen LogP contribution in [0.15, 0.2) is 77.4 Å². The smallest absolute Gasteiger partial charge is 0.0346 e. The number of hydrogen-bond donors (Lipinski definition) is 0. The van der Waals surface area contributed by atoms with Crippen LogP contribution in [0, 0.1) is 12.0 Å². The summed E-state index contributed by atoms with van der Waals surface area (Å²) >= 11 is 7.90. The zero-order valence-electron chi connectivity index (χ0n) is 19.0. The van der Waals surface area contributed by atoms with Crippen molar-refractivity contribution in [3.05, 3.63) is 88.5 Å². The minimum Gasteiger partial charge on any atom is -1.00 e. The van der Waals surface area contributed by atoms with Crippen molar-refractivity contribution >= 4 is 27.8 Å². The van der Waals surface area contributed by atoms with Crippen LogP contribution in [0.25, 0.3) is 21.9 Å². The molecule has 0 bridgehead atoms. The van der Waals surface area contributed by atoms with Crippen LogP contribution in [0.2, 0.25) is 18.1 Å². The molecule has 0 nitrogen and oxygen atoms in total. The van der Waals surface area contributed by atoms with Crippen LogP contribution in [0.5, 0.6) is 0 Å². The van der Waals surface area contributed by atoms with E-state index in [4.69, 9.17) is 11.6 Å². The van der Waals surface area contributed by atoms with Gasteiger partial charge in [0.25, 0.3) is 0 Å². The van der Waals surface area contributed by atoms with Crippen molar-refractivity contribution in [1.82, 2.24) is 0 Å². The molecule has 3 aromatic rings. The normalized spacial score (nSPS) is 14.4. The molecule has 0 fully saturated rings. The Labute approximate surface area is 220 Å². The van der Waals surface area contributed by atoms with Gasteiger partial charge in [-0.2, -0.15) is 11.1 Å². The zero-order chi connectivity index (χ0) is 21.6. The van der Waals surface area contributed by atoms with Gasteiger partial charge in [-0.25, -0.2) is 5.57 Å². The summed E-state index contributed by atoms with van der Waals surface area (Å²) < 4.78 is 0. The van der Waals surface area contributed by atoms with Crippen LogP contribution < -0.4 is 24.8 Å². The van der Waals surface area contributed by atoms with Crippen molar-refractivity contribution in [3.8, 4) is 11.1 Å². The first kappa shape index (κ1) is 30.5. The maximum atomic E-state index is 6.16. The molecule has 0 amide bonds. The van der Waals surface area contributed by atoms with Crippen LogP contribution in [0.1, 0.15) is 27.7 Å². The zero-order valence-corrected chi connectivity index (χ0v) is 24.7. The predicted octanol–water partition coefficient (Wildman–Crippen LogP) is 2.39. The van der Waals surface area contributed by atoms with Crippen molar-refractivity contribution in [2.24, 2.45) is 5.92 Å². The van der Waals surface area contributed by atoms with Crippen LogP contribution in [0.4, 0.5) is 0 Å². The molecule has 1 aliphatic carbocycles.